The van der Waals surface area contributed by atoms with Crippen LogP contribution in [0.3, 0.4) is 0 Å². The molecule has 0 unspecified atom stereocenters. The molecule has 0 aliphatic rings. The van der Waals surface area contributed by atoms with Crippen LogP contribution >= 0.6 is 12.6 Å². The number of hydrogen-bond donors (Lipinski definition) is 1. The van der Waals surface area contributed by atoms with Crippen LogP contribution in [0.25, 0.3) is 0 Å². The Kier molecular flexibility index (Phi) is 2.35. The van der Waals surface area contributed by atoms with Crippen molar-refractivity contribution in [3.05, 3.63) is 35.6 Å². The first kappa shape index (κ1) is 7.17. The molecular formula is C8H5FS. The van der Waals surface area contributed by atoms with E-state index in [0.717, 1.165) is 5.56 Å². The van der Waals surface area contributed by atoms with E-state index in [-0.39, 0.29) is 5.82 Å². The van der Waals surface area contributed by atoms with Gasteiger partial charge in [-0.15, -0.1) is 0 Å². The molecule has 0 N–H and O–H groups in total. The van der Waals surface area contributed by atoms with Gasteiger partial charge in [0.25, 0.3) is 0 Å². The van der Waals surface area contributed by atoms with Gasteiger partial charge in [0.1, 0.15) is 5.82 Å². The third-order valence-electron chi connectivity index (χ3n) is 1.04. The molecule has 0 saturated heterocycles. The molecule has 0 nitrogen and oxygen atoms in total. The van der Waals surface area contributed by atoms with Gasteiger partial charge in [-0.05, 0) is 29.5 Å². The molecule has 50 valence electrons. The number of halogens is 1. The van der Waals surface area contributed by atoms with E-state index >= 15 is 0 Å². The summed E-state index contributed by atoms with van der Waals surface area (Å²) in [6, 6.07) is 5.96. The second-order valence-corrected chi connectivity index (χ2v) is 1.97. The van der Waals surface area contributed by atoms with Crippen LogP contribution in [-0.2, 0) is 0 Å². The molecule has 0 heterocycles. The Labute approximate surface area is 64.5 Å². The van der Waals surface area contributed by atoms with Gasteiger partial charge in [-0.3, -0.25) is 0 Å². The van der Waals surface area contributed by atoms with Gasteiger partial charge in [-0.1, -0.05) is 18.5 Å². The van der Waals surface area contributed by atoms with Gasteiger partial charge in [0.05, 0.1) is 0 Å². The van der Waals surface area contributed by atoms with E-state index in [0.29, 0.717) is 0 Å². The summed E-state index contributed by atoms with van der Waals surface area (Å²) in [5.41, 5.74) is 0.774. The minimum Gasteiger partial charge on any atom is -0.207 e. The molecule has 0 fully saturated rings. The van der Waals surface area contributed by atoms with Crippen molar-refractivity contribution in [2.75, 3.05) is 0 Å². The number of benzene rings is 1. The van der Waals surface area contributed by atoms with Crippen molar-refractivity contribution in [1.82, 2.24) is 0 Å². The van der Waals surface area contributed by atoms with Crippen LogP contribution in [0.2, 0.25) is 0 Å². The van der Waals surface area contributed by atoms with Crippen molar-refractivity contribution >= 4 is 12.6 Å². The van der Waals surface area contributed by atoms with Crippen LogP contribution in [0.1, 0.15) is 5.56 Å². The maximum Gasteiger partial charge on any atom is 0.123 e. The fourth-order valence-electron chi connectivity index (χ4n) is 0.598. The number of rotatable bonds is 0. The summed E-state index contributed by atoms with van der Waals surface area (Å²) in [7, 11) is 0. The molecule has 0 saturated carbocycles. The summed E-state index contributed by atoms with van der Waals surface area (Å²) in [6.45, 7) is 0. The highest BCUT2D eigenvalue weighted by Crippen LogP contribution is 2.00. The highest BCUT2D eigenvalue weighted by Gasteiger charge is 1.86. The van der Waals surface area contributed by atoms with Gasteiger partial charge in [-0.2, -0.15) is 0 Å². The molecule has 0 aliphatic carbocycles. The highest BCUT2D eigenvalue weighted by atomic mass is 32.1. The molecular weight excluding hydrogens is 147 g/mol. The van der Waals surface area contributed by atoms with Gasteiger partial charge in [0, 0.05) is 5.56 Å². The lowest BCUT2D eigenvalue weighted by atomic mass is 10.2. The van der Waals surface area contributed by atoms with E-state index in [2.05, 4.69) is 23.8 Å². The summed E-state index contributed by atoms with van der Waals surface area (Å²) in [6.07, 6.45) is 0. The van der Waals surface area contributed by atoms with Crippen molar-refractivity contribution in [3.8, 4) is 11.2 Å². The average molecular weight is 152 g/mol. The van der Waals surface area contributed by atoms with Crippen molar-refractivity contribution in [2.45, 2.75) is 0 Å². The molecule has 2 heteroatoms. The minimum absolute atomic E-state index is 0.246. The molecule has 10 heavy (non-hydrogen) atoms. The Bertz CT molecular complexity index is 266. The summed E-state index contributed by atoms with van der Waals surface area (Å²) in [5, 5.41) is 2.43. The number of thiol groups is 1. The Morgan fingerprint density at radius 3 is 2.30 bits per heavy atom. The molecule has 0 spiro atoms. The first-order valence-corrected chi connectivity index (χ1v) is 3.18. The summed E-state index contributed by atoms with van der Waals surface area (Å²) >= 11 is 3.70. The largest absolute Gasteiger partial charge is 0.207 e. The van der Waals surface area contributed by atoms with E-state index in [9.17, 15) is 4.39 Å². The van der Waals surface area contributed by atoms with E-state index in [1.165, 1.54) is 12.1 Å². The third kappa shape index (κ3) is 1.78. The first-order chi connectivity index (χ1) is 4.83. The second-order valence-electron chi connectivity index (χ2n) is 1.74. The fourth-order valence-corrected chi connectivity index (χ4v) is 0.727. The van der Waals surface area contributed by atoms with Crippen LogP contribution in [0, 0.1) is 17.0 Å². The molecule has 0 atom stereocenters. The van der Waals surface area contributed by atoms with E-state index in [1.807, 2.05) is 0 Å². The SMILES string of the molecule is Fc1ccc(C#CS)cc1. The lowest BCUT2D eigenvalue weighted by Gasteiger charge is -1.87. The fraction of sp³-hybridized carbons (Fsp3) is 0. The molecule has 0 bridgehead atoms. The molecule has 0 aromatic heterocycles. The van der Waals surface area contributed by atoms with Crippen LogP contribution in [0.5, 0.6) is 0 Å². The van der Waals surface area contributed by atoms with E-state index in [1.54, 1.807) is 12.1 Å². The molecule has 0 radical (unpaired) electrons. The van der Waals surface area contributed by atoms with Gasteiger partial charge in [0.2, 0.25) is 0 Å². The Morgan fingerprint density at radius 2 is 1.80 bits per heavy atom. The zero-order chi connectivity index (χ0) is 7.40. The molecule has 0 aliphatic heterocycles. The van der Waals surface area contributed by atoms with Gasteiger partial charge in [0.15, 0.2) is 0 Å². The first-order valence-electron chi connectivity index (χ1n) is 2.73. The van der Waals surface area contributed by atoms with Gasteiger partial charge in [-0.25, -0.2) is 4.39 Å². The number of hydrogen-bond acceptors (Lipinski definition) is 1. The van der Waals surface area contributed by atoms with Crippen LogP contribution < -0.4 is 0 Å². The monoisotopic (exact) mass is 152 g/mol. The Morgan fingerprint density at radius 1 is 1.20 bits per heavy atom. The zero-order valence-corrected chi connectivity index (χ0v) is 6.03. The van der Waals surface area contributed by atoms with Crippen molar-refractivity contribution < 1.29 is 4.39 Å². The van der Waals surface area contributed by atoms with Gasteiger partial charge < -0.3 is 0 Å². The quantitative estimate of drug-likeness (QED) is 0.427. The lowest BCUT2D eigenvalue weighted by Crippen LogP contribution is -1.74. The van der Waals surface area contributed by atoms with E-state index < -0.39 is 0 Å². The maximum absolute atomic E-state index is 12.3. The molecule has 1 aromatic rings. The summed E-state index contributed by atoms with van der Waals surface area (Å²) < 4.78 is 12.3. The Balaban J connectivity index is 2.97. The lowest BCUT2D eigenvalue weighted by molar-refractivity contribution is 0.627. The van der Waals surface area contributed by atoms with Gasteiger partial charge >= 0.3 is 0 Å². The van der Waals surface area contributed by atoms with Crippen molar-refractivity contribution in [3.63, 3.8) is 0 Å². The third-order valence-corrected chi connectivity index (χ3v) is 1.16. The zero-order valence-electron chi connectivity index (χ0n) is 5.13. The normalized spacial score (nSPS) is 8.20. The molecule has 1 aromatic carbocycles. The van der Waals surface area contributed by atoms with Crippen molar-refractivity contribution in [2.24, 2.45) is 0 Å². The summed E-state index contributed by atoms with van der Waals surface area (Å²) in [4.78, 5) is 0. The minimum atomic E-state index is -0.246. The maximum atomic E-state index is 12.3. The van der Waals surface area contributed by atoms with Crippen molar-refractivity contribution in [1.29, 1.82) is 0 Å². The molecule has 0 amide bonds. The summed E-state index contributed by atoms with van der Waals surface area (Å²) in [5.74, 6) is 2.44. The van der Waals surface area contributed by atoms with Crippen LogP contribution in [-0.4, -0.2) is 0 Å². The second kappa shape index (κ2) is 3.28. The Hall–Kier alpha value is -0.940. The predicted octanol–water partition coefficient (Wildman–Crippen LogP) is 2.06. The predicted molar refractivity (Wildman–Crippen MR) is 42.3 cm³/mol. The topological polar surface area (TPSA) is 0 Å². The standard InChI is InChI=1S/C8H5FS/c9-8-3-1-7(2-4-8)5-6-10/h1-4,10H. The van der Waals surface area contributed by atoms with Crippen LogP contribution in [0.4, 0.5) is 4.39 Å². The van der Waals surface area contributed by atoms with Crippen LogP contribution in [0.15, 0.2) is 24.3 Å². The molecule has 1 rings (SSSR count). The van der Waals surface area contributed by atoms with E-state index in [4.69, 9.17) is 0 Å². The smallest absolute Gasteiger partial charge is 0.123 e. The average Bonchev–Trinajstić information content (AvgIpc) is 1.95. The highest BCUT2D eigenvalue weighted by molar-refractivity contribution is 7.85.